The van der Waals surface area contributed by atoms with Gasteiger partial charge in [0.05, 0.1) is 19.7 Å². The molecule has 2 aromatic heterocycles. The monoisotopic (exact) mass is 453 g/mol. The van der Waals surface area contributed by atoms with Crippen LogP contribution in [0, 0.1) is 0 Å². The minimum atomic E-state index is 0.208. The zero-order valence-electron chi connectivity index (χ0n) is 17.7. The van der Waals surface area contributed by atoms with Gasteiger partial charge in [-0.1, -0.05) is 6.07 Å². The van der Waals surface area contributed by atoms with E-state index in [4.69, 9.17) is 4.74 Å². The number of ether oxygens (including phenoxy) is 1. The second-order valence-corrected chi connectivity index (χ2v) is 9.98. The van der Waals surface area contributed by atoms with Crippen LogP contribution in [-0.4, -0.2) is 62.1 Å². The van der Waals surface area contributed by atoms with Crippen LogP contribution in [0.4, 0.5) is 5.69 Å². The number of piperazine rings is 1. The van der Waals surface area contributed by atoms with Crippen molar-refractivity contribution < 1.29 is 9.53 Å². The van der Waals surface area contributed by atoms with E-state index < -0.39 is 0 Å². The van der Waals surface area contributed by atoms with Crippen molar-refractivity contribution in [2.75, 3.05) is 51.3 Å². The minimum absolute atomic E-state index is 0.208. The van der Waals surface area contributed by atoms with E-state index in [1.165, 1.54) is 21.0 Å². The maximum atomic E-state index is 13.2. The summed E-state index contributed by atoms with van der Waals surface area (Å²) in [5.74, 6) is 1.11. The van der Waals surface area contributed by atoms with Crippen molar-refractivity contribution in [3.8, 4) is 5.75 Å². The van der Waals surface area contributed by atoms with Gasteiger partial charge in [-0.3, -0.25) is 9.69 Å². The van der Waals surface area contributed by atoms with Crippen molar-refractivity contribution in [1.29, 1.82) is 0 Å². The topological polar surface area (TPSA) is 36.0 Å². The van der Waals surface area contributed by atoms with Crippen LogP contribution in [0.25, 0.3) is 0 Å². The van der Waals surface area contributed by atoms with Crippen LogP contribution < -0.4 is 9.64 Å². The van der Waals surface area contributed by atoms with E-state index >= 15 is 0 Å². The number of carbonyl (C=O) groups is 1. The molecule has 5 nitrogen and oxygen atoms in total. The summed E-state index contributed by atoms with van der Waals surface area (Å²) < 4.78 is 5.25. The number of nitrogens with zero attached hydrogens (tertiary/aromatic N) is 3. The Balaban J connectivity index is 1.23. The molecule has 1 aromatic carbocycles. The Labute approximate surface area is 191 Å². The van der Waals surface area contributed by atoms with Gasteiger partial charge in [0.25, 0.3) is 0 Å². The van der Waals surface area contributed by atoms with E-state index in [2.05, 4.69) is 50.9 Å². The summed E-state index contributed by atoms with van der Waals surface area (Å²) in [6, 6.07) is 14.9. The fraction of sp³-hybridized carbons (Fsp3) is 0.375. The van der Waals surface area contributed by atoms with Crippen LogP contribution in [0.3, 0.4) is 0 Å². The van der Waals surface area contributed by atoms with Gasteiger partial charge in [0.1, 0.15) is 5.75 Å². The lowest BCUT2D eigenvalue weighted by molar-refractivity contribution is -0.133. The highest BCUT2D eigenvalue weighted by Crippen LogP contribution is 2.39. The summed E-state index contributed by atoms with van der Waals surface area (Å²) in [6.45, 7) is 4.69. The van der Waals surface area contributed by atoms with Crippen molar-refractivity contribution >= 4 is 34.3 Å². The Bertz CT molecular complexity index is 1010. The first kappa shape index (κ1) is 20.5. The predicted octanol–water partition coefficient (Wildman–Crippen LogP) is 4.11. The van der Waals surface area contributed by atoms with Gasteiger partial charge < -0.3 is 14.5 Å². The molecule has 1 fully saturated rings. The van der Waals surface area contributed by atoms with Gasteiger partial charge in [0.2, 0.25) is 5.91 Å². The van der Waals surface area contributed by atoms with E-state index in [0.29, 0.717) is 6.54 Å². The van der Waals surface area contributed by atoms with Gasteiger partial charge in [-0.25, -0.2) is 0 Å². The quantitative estimate of drug-likeness (QED) is 0.582. The first-order valence-electron chi connectivity index (χ1n) is 10.7. The average Bonchev–Trinajstić information content (AvgIpc) is 3.51. The van der Waals surface area contributed by atoms with Gasteiger partial charge in [-0.2, -0.15) is 0 Å². The molecule has 31 heavy (non-hydrogen) atoms. The average molecular weight is 454 g/mol. The third-order valence-corrected chi connectivity index (χ3v) is 8.21. The molecule has 3 aromatic rings. The molecule has 0 N–H and O–H groups in total. The van der Waals surface area contributed by atoms with Crippen LogP contribution in [0.1, 0.15) is 21.4 Å². The Morgan fingerprint density at radius 3 is 2.52 bits per heavy atom. The Kier molecular flexibility index (Phi) is 5.98. The van der Waals surface area contributed by atoms with Crippen molar-refractivity contribution in [2.24, 2.45) is 0 Å². The van der Waals surface area contributed by atoms with Gasteiger partial charge in [-0.05, 0) is 59.1 Å². The van der Waals surface area contributed by atoms with E-state index in [1.54, 1.807) is 18.4 Å². The fourth-order valence-corrected chi connectivity index (χ4v) is 6.38. The molecule has 5 rings (SSSR count). The molecule has 0 aliphatic carbocycles. The number of carbonyl (C=O) groups excluding carboxylic acids is 1. The Morgan fingerprint density at radius 1 is 1.00 bits per heavy atom. The van der Waals surface area contributed by atoms with Crippen molar-refractivity contribution in [3.63, 3.8) is 0 Å². The van der Waals surface area contributed by atoms with Crippen LogP contribution in [0.15, 0.2) is 53.2 Å². The van der Waals surface area contributed by atoms with Crippen LogP contribution in [-0.2, 0) is 11.2 Å². The first-order chi connectivity index (χ1) is 15.2. The van der Waals surface area contributed by atoms with Crippen molar-refractivity contribution in [1.82, 2.24) is 9.80 Å². The van der Waals surface area contributed by atoms with E-state index in [1.807, 2.05) is 28.4 Å². The summed E-state index contributed by atoms with van der Waals surface area (Å²) in [6.07, 6.45) is 1.04. The van der Waals surface area contributed by atoms with E-state index in [0.717, 1.165) is 44.9 Å². The molecule has 2 aliphatic rings. The summed E-state index contributed by atoms with van der Waals surface area (Å²) in [5.41, 5.74) is 2.57. The number of rotatable bonds is 5. The maximum absolute atomic E-state index is 13.2. The Morgan fingerprint density at radius 2 is 1.81 bits per heavy atom. The number of hydrogen-bond acceptors (Lipinski definition) is 6. The third-order valence-electron chi connectivity index (χ3n) is 6.29. The van der Waals surface area contributed by atoms with Gasteiger partial charge in [0.15, 0.2) is 0 Å². The molecule has 1 saturated heterocycles. The lowest BCUT2D eigenvalue weighted by Gasteiger charge is -2.39. The zero-order valence-corrected chi connectivity index (χ0v) is 19.3. The highest BCUT2D eigenvalue weighted by atomic mass is 32.1. The molecule has 2 aliphatic heterocycles. The molecular formula is C24H27N3O2S2. The number of benzene rings is 1. The lowest BCUT2D eigenvalue weighted by Crippen LogP contribution is -2.52. The molecule has 1 atom stereocenters. The van der Waals surface area contributed by atoms with Gasteiger partial charge in [0, 0.05) is 48.2 Å². The molecule has 0 saturated carbocycles. The smallest absolute Gasteiger partial charge is 0.236 e. The molecule has 1 amide bonds. The summed E-state index contributed by atoms with van der Waals surface area (Å²) >= 11 is 3.63. The molecule has 0 bridgehead atoms. The first-order valence-corrected chi connectivity index (χ1v) is 12.5. The standard InChI is InChI=1S/C24H27N3O2S2/c1-29-19-6-4-18(5-7-19)25-11-13-26(14-12-25)23(28)17-27-10-8-21-20(9-16-31-21)24(27)22-3-2-15-30-22/h2-7,9,15-16,24H,8,10-14,17H2,1H3/t24-/m0/s1. The number of fused-ring (bicyclic) bond motifs is 1. The number of amides is 1. The molecule has 0 spiro atoms. The third kappa shape index (κ3) is 4.22. The minimum Gasteiger partial charge on any atom is -0.497 e. The van der Waals surface area contributed by atoms with Crippen LogP contribution in [0.5, 0.6) is 5.75 Å². The largest absolute Gasteiger partial charge is 0.497 e. The number of thiophene rings is 2. The Hall–Kier alpha value is -2.35. The second kappa shape index (κ2) is 9.02. The van der Waals surface area contributed by atoms with Crippen molar-refractivity contribution in [3.05, 3.63) is 68.5 Å². The molecule has 0 unspecified atom stereocenters. The SMILES string of the molecule is COc1ccc(N2CCN(C(=O)CN3CCc4sccc4[C@H]3c3cccs3)CC2)cc1. The van der Waals surface area contributed by atoms with E-state index in [-0.39, 0.29) is 11.9 Å². The summed E-state index contributed by atoms with van der Waals surface area (Å²) in [4.78, 5) is 22.8. The summed E-state index contributed by atoms with van der Waals surface area (Å²) in [7, 11) is 1.68. The normalized spacial score (nSPS) is 19.3. The van der Waals surface area contributed by atoms with Gasteiger partial charge in [-0.15, -0.1) is 22.7 Å². The number of anilines is 1. The molecule has 4 heterocycles. The predicted molar refractivity (Wildman–Crippen MR) is 128 cm³/mol. The molecule has 162 valence electrons. The fourth-order valence-electron chi connectivity index (χ4n) is 4.60. The molecule has 7 heteroatoms. The number of methoxy groups -OCH3 is 1. The lowest BCUT2D eigenvalue weighted by atomic mass is 9.98. The molecular weight excluding hydrogens is 426 g/mol. The highest BCUT2D eigenvalue weighted by Gasteiger charge is 2.33. The van der Waals surface area contributed by atoms with E-state index in [9.17, 15) is 4.79 Å². The molecule has 0 radical (unpaired) electrons. The maximum Gasteiger partial charge on any atom is 0.236 e. The summed E-state index contributed by atoms with van der Waals surface area (Å²) in [5, 5.41) is 4.32. The number of hydrogen-bond donors (Lipinski definition) is 0. The second-order valence-electron chi connectivity index (χ2n) is 8.00. The van der Waals surface area contributed by atoms with Crippen LogP contribution in [0.2, 0.25) is 0 Å². The highest BCUT2D eigenvalue weighted by molar-refractivity contribution is 7.10. The van der Waals surface area contributed by atoms with Gasteiger partial charge >= 0.3 is 0 Å². The van der Waals surface area contributed by atoms with Crippen molar-refractivity contribution in [2.45, 2.75) is 12.5 Å². The van der Waals surface area contributed by atoms with Crippen LogP contribution >= 0.6 is 22.7 Å². The zero-order chi connectivity index (χ0) is 21.2.